The third kappa shape index (κ3) is 3.05. The number of ether oxygens (including phenoxy) is 1. The van der Waals surface area contributed by atoms with E-state index < -0.39 is 11.6 Å². The predicted molar refractivity (Wildman–Crippen MR) is 70.4 cm³/mol. The average Bonchev–Trinajstić information content (AvgIpc) is 2.30. The van der Waals surface area contributed by atoms with E-state index in [1.165, 1.54) is 0 Å². The number of aliphatic carboxylic acids is 1. The zero-order valence-corrected chi connectivity index (χ0v) is 11.0. The van der Waals surface area contributed by atoms with Gasteiger partial charge < -0.3 is 15.2 Å². The lowest BCUT2D eigenvalue weighted by molar-refractivity contribution is -0.137. The Morgan fingerprint density at radius 1 is 1.42 bits per heavy atom. The summed E-state index contributed by atoms with van der Waals surface area (Å²) < 4.78 is 5.67. The van der Waals surface area contributed by atoms with E-state index in [0.717, 1.165) is 5.56 Å². The standard InChI is InChI=1S/C14H17NO4/c1-14(2)13(18)15-10-7-6-9(8-11(10)19-14)4-3-5-12(16)17/h6-8H,3-5H2,1-2H3,(H,15,18)(H,16,17). The largest absolute Gasteiger partial charge is 0.481 e. The molecule has 1 heterocycles. The number of benzene rings is 1. The fraction of sp³-hybridized carbons (Fsp3) is 0.429. The summed E-state index contributed by atoms with van der Waals surface area (Å²) in [5.74, 6) is -0.321. The molecule has 102 valence electrons. The molecule has 0 fully saturated rings. The van der Waals surface area contributed by atoms with Crippen molar-refractivity contribution in [3.8, 4) is 5.75 Å². The third-order valence-electron chi connectivity index (χ3n) is 3.06. The quantitative estimate of drug-likeness (QED) is 0.873. The van der Waals surface area contributed by atoms with Gasteiger partial charge in [-0.25, -0.2) is 0 Å². The van der Waals surface area contributed by atoms with Gasteiger partial charge in [-0.3, -0.25) is 9.59 Å². The maximum atomic E-state index is 11.7. The topological polar surface area (TPSA) is 75.6 Å². The number of fused-ring (bicyclic) bond motifs is 1. The second-order valence-electron chi connectivity index (χ2n) is 5.14. The minimum absolute atomic E-state index is 0.153. The lowest BCUT2D eigenvalue weighted by Gasteiger charge is -2.31. The second-order valence-corrected chi connectivity index (χ2v) is 5.14. The molecular formula is C14H17NO4. The zero-order valence-electron chi connectivity index (χ0n) is 11.0. The van der Waals surface area contributed by atoms with E-state index >= 15 is 0 Å². The summed E-state index contributed by atoms with van der Waals surface area (Å²) in [5, 5.41) is 11.4. The summed E-state index contributed by atoms with van der Waals surface area (Å²) >= 11 is 0. The summed E-state index contributed by atoms with van der Waals surface area (Å²) in [5.41, 5.74) is 0.783. The van der Waals surface area contributed by atoms with Gasteiger partial charge in [0.2, 0.25) is 0 Å². The van der Waals surface area contributed by atoms with Crippen LogP contribution in [-0.2, 0) is 16.0 Å². The van der Waals surface area contributed by atoms with Crippen molar-refractivity contribution < 1.29 is 19.4 Å². The van der Waals surface area contributed by atoms with Crippen molar-refractivity contribution >= 4 is 17.6 Å². The van der Waals surface area contributed by atoms with Crippen molar-refractivity contribution in [1.29, 1.82) is 0 Å². The molecule has 5 nitrogen and oxygen atoms in total. The van der Waals surface area contributed by atoms with Gasteiger partial charge in [0.25, 0.3) is 5.91 Å². The summed E-state index contributed by atoms with van der Waals surface area (Å²) in [7, 11) is 0. The molecule has 19 heavy (non-hydrogen) atoms. The van der Waals surface area contributed by atoms with Crippen molar-refractivity contribution in [2.45, 2.75) is 38.7 Å². The molecular weight excluding hydrogens is 246 g/mol. The number of hydrogen-bond donors (Lipinski definition) is 2. The van der Waals surface area contributed by atoms with Crippen molar-refractivity contribution in [3.05, 3.63) is 23.8 Å². The number of carboxylic acid groups (broad SMARTS) is 1. The van der Waals surface area contributed by atoms with Crippen LogP contribution in [0.5, 0.6) is 5.75 Å². The van der Waals surface area contributed by atoms with Crippen LogP contribution in [0.25, 0.3) is 0 Å². The summed E-state index contributed by atoms with van der Waals surface area (Å²) in [6, 6.07) is 5.53. The minimum Gasteiger partial charge on any atom is -0.481 e. The Hall–Kier alpha value is -2.04. The number of hydrogen-bond acceptors (Lipinski definition) is 3. The third-order valence-corrected chi connectivity index (χ3v) is 3.06. The van der Waals surface area contributed by atoms with Crippen molar-refractivity contribution in [2.24, 2.45) is 0 Å². The number of nitrogens with one attached hydrogen (secondary N) is 1. The number of carbonyl (C=O) groups is 2. The highest BCUT2D eigenvalue weighted by molar-refractivity contribution is 6.00. The van der Waals surface area contributed by atoms with Crippen LogP contribution in [0.4, 0.5) is 5.69 Å². The first-order chi connectivity index (χ1) is 8.88. The molecule has 0 spiro atoms. The fourth-order valence-corrected chi connectivity index (χ4v) is 1.95. The summed E-state index contributed by atoms with van der Waals surface area (Å²) in [6.07, 6.45) is 1.42. The van der Waals surface area contributed by atoms with E-state index in [2.05, 4.69) is 5.32 Å². The Balaban J connectivity index is 2.11. The molecule has 0 bridgehead atoms. The molecule has 2 rings (SSSR count). The molecule has 0 unspecified atom stereocenters. The Morgan fingerprint density at radius 3 is 2.84 bits per heavy atom. The fourth-order valence-electron chi connectivity index (χ4n) is 1.95. The number of rotatable bonds is 4. The molecule has 0 atom stereocenters. The molecule has 1 aliphatic rings. The molecule has 0 saturated carbocycles. The van der Waals surface area contributed by atoms with Crippen molar-refractivity contribution in [3.63, 3.8) is 0 Å². The smallest absolute Gasteiger partial charge is 0.303 e. The molecule has 0 aliphatic carbocycles. The van der Waals surface area contributed by atoms with Gasteiger partial charge in [0.1, 0.15) is 5.75 Å². The average molecular weight is 263 g/mol. The first-order valence-electron chi connectivity index (χ1n) is 6.24. The molecule has 5 heteroatoms. The lowest BCUT2D eigenvalue weighted by Crippen LogP contribution is -2.45. The van der Waals surface area contributed by atoms with E-state index in [1.54, 1.807) is 19.9 Å². The summed E-state index contributed by atoms with van der Waals surface area (Å²) in [6.45, 7) is 3.42. The van der Waals surface area contributed by atoms with Gasteiger partial charge in [-0.15, -0.1) is 0 Å². The predicted octanol–water partition coefficient (Wildman–Crippen LogP) is 2.20. The van der Waals surface area contributed by atoms with E-state index in [1.807, 2.05) is 12.1 Å². The van der Waals surface area contributed by atoms with Crippen LogP contribution in [0.15, 0.2) is 18.2 Å². The molecule has 1 aromatic rings. The number of amides is 1. The van der Waals surface area contributed by atoms with E-state index in [-0.39, 0.29) is 12.3 Å². The van der Waals surface area contributed by atoms with Crippen LogP contribution in [0.3, 0.4) is 0 Å². The Bertz CT molecular complexity index is 522. The van der Waals surface area contributed by atoms with Crippen LogP contribution in [0.1, 0.15) is 32.3 Å². The van der Waals surface area contributed by atoms with Crippen molar-refractivity contribution in [1.82, 2.24) is 0 Å². The van der Waals surface area contributed by atoms with Gasteiger partial charge in [-0.2, -0.15) is 0 Å². The van der Waals surface area contributed by atoms with Crippen LogP contribution in [0, 0.1) is 0 Å². The van der Waals surface area contributed by atoms with Gasteiger partial charge in [-0.1, -0.05) is 6.07 Å². The molecule has 2 N–H and O–H groups in total. The molecule has 0 aromatic heterocycles. The van der Waals surface area contributed by atoms with Crippen LogP contribution in [0.2, 0.25) is 0 Å². The van der Waals surface area contributed by atoms with Crippen LogP contribution in [-0.4, -0.2) is 22.6 Å². The highest BCUT2D eigenvalue weighted by Crippen LogP contribution is 2.34. The van der Waals surface area contributed by atoms with Gasteiger partial charge in [0.05, 0.1) is 5.69 Å². The van der Waals surface area contributed by atoms with E-state index in [0.29, 0.717) is 24.3 Å². The molecule has 1 amide bonds. The monoisotopic (exact) mass is 263 g/mol. The lowest BCUT2D eigenvalue weighted by atomic mass is 10.0. The van der Waals surface area contributed by atoms with E-state index in [9.17, 15) is 9.59 Å². The van der Waals surface area contributed by atoms with E-state index in [4.69, 9.17) is 9.84 Å². The Kier molecular flexibility index (Phi) is 3.46. The highest BCUT2D eigenvalue weighted by Gasteiger charge is 2.35. The zero-order chi connectivity index (χ0) is 14.0. The number of carboxylic acids is 1. The molecule has 1 aromatic carbocycles. The molecule has 0 radical (unpaired) electrons. The maximum absolute atomic E-state index is 11.7. The Labute approximate surface area is 111 Å². The number of carbonyl (C=O) groups excluding carboxylic acids is 1. The number of aryl methyl sites for hydroxylation is 1. The second kappa shape index (κ2) is 4.91. The van der Waals surface area contributed by atoms with Gasteiger partial charge in [0, 0.05) is 6.42 Å². The van der Waals surface area contributed by atoms with Gasteiger partial charge in [0.15, 0.2) is 5.60 Å². The summed E-state index contributed by atoms with van der Waals surface area (Å²) in [4.78, 5) is 22.2. The maximum Gasteiger partial charge on any atom is 0.303 e. The number of anilines is 1. The van der Waals surface area contributed by atoms with Crippen molar-refractivity contribution in [2.75, 3.05) is 5.32 Å². The minimum atomic E-state index is -0.882. The Morgan fingerprint density at radius 2 is 2.16 bits per heavy atom. The van der Waals surface area contributed by atoms with Crippen LogP contribution < -0.4 is 10.1 Å². The SMILES string of the molecule is CC1(C)Oc2cc(CCCC(=O)O)ccc2NC1=O. The normalized spacial score (nSPS) is 16.2. The van der Waals surface area contributed by atoms with Crippen LogP contribution >= 0.6 is 0 Å². The first kappa shape index (κ1) is 13.4. The molecule has 0 saturated heterocycles. The first-order valence-corrected chi connectivity index (χ1v) is 6.24. The molecule has 1 aliphatic heterocycles. The van der Waals surface area contributed by atoms with Gasteiger partial charge in [-0.05, 0) is 44.4 Å². The van der Waals surface area contributed by atoms with Gasteiger partial charge >= 0.3 is 5.97 Å². The highest BCUT2D eigenvalue weighted by atomic mass is 16.5.